The molecule has 6 rings (SSSR count). The number of aromatic nitrogens is 4. The molecule has 7 N–H and O–H groups in total. The number of hydrogen-bond acceptors (Lipinski definition) is 8. The second-order valence-electron chi connectivity index (χ2n) is 12.9. The first kappa shape index (κ1) is 34.2. The van der Waals surface area contributed by atoms with Gasteiger partial charge in [-0.3, -0.25) is 14.4 Å². The topological polar surface area (TPSA) is 180 Å². The van der Waals surface area contributed by atoms with Crippen LogP contribution in [0.1, 0.15) is 54.4 Å². The zero-order chi connectivity index (χ0) is 34.2. The number of anilines is 1. The van der Waals surface area contributed by atoms with Crippen molar-refractivity contribution in [3.05, 3.63) is 82.9 Å². The second kappa shape index (κ2) is 16.2. The molecule has 2 heterocycles. The summed E-state index contributed by atoms with van der Waals surface area (Å²) in [7, 11) is 0. The highest BCUT2D eigenvalue weighted by Crippen LogP contribution is 2.30. The van der Waals surface area contributed by atoms with Crippen molar-refractivity contribution in [3.63, 3.8) is 0 Å². The summed E-state index contributed by atoms with van der Waals surface area (Å²) < 4.78 is 0. The highest BCUT2D eigenvalue weighted by Gasteiger charge is 2.29. The fourth-order valence-electron chi connectivity index (χ4n) is 6.56. The molecule has 1 aromatic heterocycles. The van der Waals surface area contributed by atoms with Gasteiger partial charge in [-0.15, -0.1) is 10.2 Å². The monoisotopic (exact) mass is 683 g/mol. The normalized spacial score (nSPS) is 18.7. The van der Waals surface area contributed by atoms with Crippen LogP contribution in [-0.4, -0.2) is 70.1 Å². The highest BCUT2D eigenvalue weighted by atomic mass is 35.5. The molecule has 13 heteroatoms. The van der Waals surface area contributed by atoms with Gasteiger partial charge in [-0.1, -0.05) is 41.9 Å². The summed E-state index contributed by atoms with van der Waals surface area (Å²) in [4.78, 5) is 39.9. The summed E-state index contributed by atoms with van der Waals surface area (Å²) in [6.07, 6.45) is 5.43. The van der Waals surface area contributed by atoms with Gasteiger partial charge in [0.2, 0.25) is 17.6 Å². The van der Waals surface area contributed by atoms with Crippen LogP contribution in [0.15, 0.2) is 66.7 Å². The Labute approximate surface area is 290 Å². The number of tetrazole rings is 1. The average molecular weight is 684 g/mol. The second-order valence-corrected chi connectivity index (χ2v) is 13.3. The van der Waals surface area contributed by atoms with Gasteiger partial charge in [0.25, 0.3) is 5.91 Å². The van der Waals surface area contributed by atoms with E-state index in [9.17, 15) is 14.4 Å². The lowest BCUT2D eigenvalue weighted by molar-refractivity contribution is -0.130. The molecule has 1 saturated carbocycles. The van der Waals surface area contributed by atoms with E-state index >= 15 is 0 Å². The Kier molecular flexibility index (Phi) is 11.3. The Bertz CT molecular complexity index is 1720. The maximum atomic E-state index is 13.7. The number of piperidine rings is 1. The molecule has 2 fully saturated rings. The van der Waals surface area contributed by atoms with Crippen LogP contribution >= 0.6 is 11.6 Å². The predicted octanol–water partition coefficient (Wildman–Crippen LogP) is 4.10. The van der Waals surface area contributed by atoms with Crippen molar-refractivity contribution in [2.45, 2.75) is 57.0 Å². The van der Waals surface area contributed by atoms with Crippen LogP contribution in [0.25, 0.3) is 22.5 Å². The summed E-state index contributed by atoms with van der Waals surface area (Å²) in [5.74, 6) is 0.181. The van der Waals surface area contributed by atoms with E-state index in [2.05, 4.69) is 41.9 Å². The molecule has 0 radical (unpaired) electrons. The maximum Gasteiger partial charge on any atom is 0.251 e. The third-order valence-corrected chi connectivity index (χ3v) is 9.86. The van der Waals surface area contributed by atoms with Crippen molar-refractivity contribution in [2.24, 2.45) is 17.6 Å². The van der Waals surface area contributed by atoms with Crippen LogP contribution in [-0.2, 0) is 16.0 Å². The number of rotatable bonds is 11. The first-order valence-corrected chi connectivity index (χ1v) is 17.3. The standard InChI is InChI=1S/C36H42ClN9O3/c37-31-20-27(35(48)40-29-15-17-39-18-16-29)11-14-30(31)24-5-1-22(2-6-24)19-32(42-34(47)26-7-3-23(21-38)4-8-26)36(49)41-28-12-9-25(10-13-28)33-43-45-46-44-33/h1-2,5-6,9-14,20,23,26,29,32,39H,3-4,7-8,15-19,21,38H2,(H,40,48)(H,41,49)(H,42,47)(H,43,44,45,46). The number of benzene rings is 3. The third-order valence-electron chi connectivity index (χ3n) is 9.55. The molecular weight excluding hydrogens is 642 g/mol. The molecule has 4 aromatic rings. The van der Waals surface area contributed by atoms with Crippen molar-refractivity contribution in [3.8, 4) is 22.5 Å². The number of hydrogen-bond donors (Lipinski definition) is 6. The fraction of sp³-hybridized carbons (Fsp3) is 0.389. The third kappa shape index (κ3) is 8.88. The van der Waals surface area contributed by atoms with Gasteiger partial charge in [0, 0.05) is 45.8 Å². The van der Waals surface area contributed by atoms with Crippen LogP contribution in [0.5, 0.6) is 0 Å². The molecule has 0 bridgehead atoms. The molecule has 49 heavy (non-hydrogen) atoms. The predicted molar refractivity (Wildman–Crippen MR) is 189 cm³/mol. The molecular formula is C36H42ClN9O3. The summed E-state index contributed by atoms with van der Waals surface area (Å²) >= 11 is 6.67. The van der Waals surface area contributed by atoms with E-state index in [-0.39, 0.29) is 29.7 Å². The molecule has 3 aromatic carbocycles. The summed E-state index contributed by atoms with van der Waals surface area (Å²) in [6, 6.07) is 19.5. The van der Waals surface area contributed by atoms with Crippen molar-refractivity contribution in [1.82, 2.24) is 36.6 Å². The minimum absolute atomic E-state index is 0.115. The number of amides is 3. The molecule has 3 amide bonds. The van der Waals surface area contributed by atoms with Crippen molar-refractivity contribution >= 4 is 35.0 Å². The van der Waals surface area contributed by atoms with E-state index in [0.717, 1.165) is 73.9 Å². The molecule has 2 aliphatic rings. The van der Waals surface area contributed by atoms with E-state index in [1.54, 1.807) is 36.4 Å². The number of nitrogens with zero attached hydrogens (tertiary/aromatic N) is 3. The van der Waals surface area contributed by atoms with E-state index in [1.807, 2.05) is 30.3 Å². The molecule has 1 aliphatic heterocycles. The van der Waals surface area contributed by atoms with Crippen LogP contribution in [0.2, 0.25) is 5.02 Å². The Morgan fingerprint density at radius 2 is 1.61 bits per heavy atom. The summed E-state index contributed by atoms with van der Waals surface area (Å²) in [5.41, 5.74) is 10.3. The van der Waals surface area contributed by atoms with E-state index in [1.165, 1.54) is 0 Å². The number of aromatic amines is 1. The van der Waals surface area contributed by atoms with Crippen LogP contribution in [0.4, 0.5) is 5.69 Å². The molecule has 1 saturated heterocycles. The fourth-order valence-corrected chi connectivity index (χ4v) is 6.85. The quantitative estimate of drug-likeness (QED) is 0.137. The first-order valence-electron chi connectivity index (χ1n) is 16.9. The molecule has 1 unspecified atom stereocenters. The Morgan fingerprint density at radius 1 is 0.898 bits per heavy atom. The maximum absolute atomic E-state index is 13.7. The highest BCUT2D eigenvalue weighted by molar-refractivity contribution is 6.33. The lowest BCUT2D eigenvalue weighted by atomic mass is 9.81. The van der Waals surface area contributed by atoms with Gasteiger partial charge in [0.05, 0.1) is 0 Å². The SMILES string of the molecule is NCC1CCC(C(=O)NC(Cc2ccc(-c3ccc(C(=O)NC4CCNCC4)cc3Cl)cc2)C(=O)Nc2ccc(-c3nn[nH]n3)cc2)CC1. The Hall–Kier alpha value is -4.65. The molecule has 12 nitrogen and oxygen atoms in total. The minimum Gasteiger partial charge on any atom is -0.349 e. The van der Waals surface area contributed by atoms with Gasteiger partial charge >= 0.3 is 0 Å². The zero-order valence-corrected chi connectivity index (χ0v) is 28.0. The smallest absolute Gasteiger partial charge is 0.251 e. The largest absolute Gasteiger partial charge is 0.349 e. The van der Waals surface area contributed by atoms with E-state index < -0.39 is 6.04 Å². The number of carbonyl (C=O) groups excluding carboxylic acids is 3. The van der Waals surface area contributed by atoms with Crippen LogP contribution < -0.4 is 27.0 Å². The van der Waals surface area contributed by atoms with E-state index in [0.29, 0.717) is 41.0 Å². The first-order chi connectivity index (χ1) is 23.9. The Morgan fingerprint density at radius 3 is 2.27 bits per heavy atom. The number of carbonyl (C=O) groups is 3. The van der Waals surface area contributed by atoms with Crippen LogP contribution in [0, 0.1) is 11.8 Å². The van der Waals surface area contributed by atoms with Gasteiger partial charge in [0.1, 0.15) is 6.04 Å². The average Bonchev–Trinajstić information content (AvgIpc) is 3.68. The lowest BCUT2D eigenvalue weighted by Gasteiger charge is -2.28. The Balaban J connectivity index is 1.14. The molecule has 1 aliphatic carbocycles. The summed E-state index contributed by atoms with van der Waals surface area (Å²) in [6.45, 7) is 2.42. The number of halogens is 1. The van der Waals surface area contributed by atoms with E-state index in [4.69, 9.17) is 17.3 Å². The van der Waals surface area contributed by atoms with Gasteiger partial charge in [-0.05, 0) is 117 Å². The molecule has 256 valence electrons. The van der Waals surface area contributed by atoms with Gasteiger partial charge in [0.15, 0.2) is 0 Å². The molecule has 0 spiro atoms. The minimum atomic E-state index is -0.802. The number of H-pyrrole nitrogens is 1. The van der Waals surface area contributed by atoms with Gasteiger partial charge in [-0.2, -0.15) is 5.21 Å². The molecule has 1 atom stereocenters. The van der Waals surface area contributed by atoms with Crippen molar-refractivity contribution < 1.29 is 14.4 Å². The van der Waals surface area contributed by atoms with Crippen molar-refractivity contribution in [1.29, 1.82) is 0 Å². The lowest BCUT2D eigenvalue weighted by Crippen LogP contribution is -2.48. The van der Waals surface area contributed by atoms with Gasteiger partial charge in [-0.25, -0.2) is 0 Å². The zero-order valence-electron chi connectivity index (χ0n) is 27.3. The van der Waals surface area contributed by atoms with Gasteiger partial charge < -0.3 is 27.0 Å². The number of nitrogens with two attached hydrogens (primary N) is 1. The number of nitrogens with one attached hydrogen (secondary N) is 5. The summed E-state index contributed by atoms with van der Waals surface area (Å²) in [5, 5.41) is 26.9. The van der Waals surface area contributed by atoms with Crippen molar-refractivity contribution in [2.75, 3.05) is 25.0 Å². The van der Waals surface area contributed by atoms with Crippen LogP contribution in [0.3, 0.4) is 0 Å².